The molecule has 0 saturated carbocycles. The molecule has 1 amide bonds. The summed E-state index contributed by atoms with van der Waals surface area (Å²) in [5.41, 5.74) is -0.498. The van der Waals surface area contributed by atoms with Gasteiger partial charge in [-0.05, 0) is 6.92 Å². The van der Waals surface area contributed by atoms with Gasteiger partial charge >= 0.3 is 5.97 Å². The van der Waals surface area contributed by atoms with E-state index in [2.05, 4.69) is 0 Å². The minimum atomic E-state index is -0.896. The zero-order valence-corrected chi connectivity index (χ0v) is 10.9. The number of carboxylic acid groups (broad SMARTS) is 1. The van der Waals surface area contributed by atoms with Crippen molar-refractivity contribution >= 4 is 11.9 Å². The minimum absolute atomic E-state index is 0.0262. The van der Waals surface area contributed by atoms with Gasteiger partial charge in [-0.25, -0.2) is 0 Å². The van der Waals surface area contributed by atoms with Crippen LogP contribution in [-0.4, -0.2) is 47.7 Å². The first-order valence-electron chi connectivity index (χ1n) is 5.90. The molecule has 1 fully saturated rings. The summed E-state index contributed by atoms with van der Waals surface area (Å²) >= 11 is 0. The second-order valence-electron chi connectivity index (χ2n) is 5.39. The van der Waals surface area contributed by atoms with E-state index in [0.717, 1.165) is 0 Å². The summed E-state index contributed by atoms with van der Waals surface area (Å²) in [6, 6.07) is -0.343. The molecule has 0 aromatic rings. The molecule has 0 bridgehead atoms. The molecule has 0 spiro atoms. The number of aliphatic carboxylic acids is 1. The van der Waals surface area contributed by atoms with E-state index in [1.807, 2.05) is 27.7 Å². The third-order valence-electron chi connectivity index (χ3n) is 3.01. The van der Waals surface area contributed by atoms with Crippen molar-refractivity contribution in [2.75, 3.05) is 19.8 Å². The molecule has 0 aromatic carbocycles. The number of likely N-dealkylation sites (N-methyl/N-ethyl adjacent to an activating group) is 1. The summed E-state index contributed by atoms with van der Waals surface area (Å²) in [4.78, 5) is 24.9. The second kappa shape index (κ2) is 5.04. The molecule has 1 N–H and O–H groups in total. The number of nitrogens with zero attached hydrogens (tertiary/aromatic N) is 1. The summed E-state index contributed by atoms with van der Waals surface area (Å²) < 4.78 is 5.20. The molecule has 0 aromatic heterocycles. The first-order chi connectivity index (χ1) is 7.79. The number of hydrogen-bond donors (Lipinski definition) is 1. The Labute approximate surface area is 102 Å². The van der Waals surface area contributed by atoms with Crippen molar-refractivity contribution in [1.82, 2.24) is 4.90 Å². The minimum Gasteiger partial charge on any atom is -0.481 e. The molecule has 2 atom stereocenters. The molecule has 17 heavy (non-hydrogen) atoms. The highest BCUT2D eigenvalue weighted by Crippen LogP contribution is 2.25. The van der Waals surface area contributed by atoms with Crippen molar-refractivity contribution in [1.29, 1.82) is 0 Å². The van der Waals surface area contributed by atoms with Crippen molar-refractivity contribution < 1.29 is 19.4 Å². The molecule has 98 valence electrons. The van der Waals surface area contributed by atoms with Crippen molar-refractivity contribution in [3.63, 3.8) is 0 Å². The second-order valence-corrected chi connectivity index (χ2v) is 5.39. The van der Waals surface area contributed by atoms with Crippen molar-refractivity contribution in [2.45, 2.75) is 33.7 Å². The summed E-state index contributed by atoms with van der Waals surface area (Å²) in [6.07, 6.45) is 0. The Morgan fingerprint density at radius 1 is 1.35 bits per heavy atom. The van der Waals surface area contributed by atoms with Crippen molar-refractivity contribution in [2.24, 2.45) is 11.3 Å². The first-order valence-corrected chi connectivity index (χ1v) is 5.90. The highest BCUT2D eigenvalue weighted by atomic mass is 16.5. The number of carbonyl (C=O) groups excluding carboxylic acids is 1. The van der Waals surface area contributed by atoms with Gasteiger partial charge in [-0.15, -0.1) is 0 Å². The van der Waals surface area contributed by atoms with E-state index in [4.69, 9.17) is 9.84 Å². The van der Waals surface area contributed by atoms with E-state index in [1.54, 1.807) is 4.90 Å². The van der Waals surface area contributed by atoms with Crippen molar-refractivity contribution in [3.05, 3.63) is 0 Å². The van der Waals surface area contributed by atoms with E-state index < -0.39 is 17.3 Å². The maximum absolute atomic E-state index is 12.2. The van der Waals surface area contributed by atoms with Gasteiger partial charge in [-0.1, -0.05) is 20.8 Å². The van der Waals surface area contributed by atoms with Crippen LogP contribution in [0.3, 0.4) is 0 Å². The molecule has 1 aliphatic rings. The van der Waals surface area contributed by atoms with Crippen LogP contribution in [0.25, 0.3) is 0 Å². The van der Waals surface area contributed by atoms with Gasteiger partial charge in [0, 0.05) is 12.0 Å². The highest BCUT2D eigenvalue weighted by molar-refractivity contribution is 5.83. The number of rotatable bonds is 3. The molecule has 0 radical (unpaired) electrons. The van der Waals surface area contributed by atoms with Crippen LogP contribution in [0.2, 0.25) is 0 Å². The zero-order chi connectivity index (χ0) is 13.2. The molecule has 5 nitrogen and oxygen atoms in total. The number of amides is 1. The summed E-state index contributed by atoms with van der Waals surface area (Å²) in [7, 11) is 0. The fourth-order valence-electron chi connectivity index (χ4n) is 2.05. The molecular formula is C12H21NO4. The lowest BCUT2D eigenvalue weighted by molar-refractivity contribution is -0.147. The largest absolute Gasteiger partial charge is 0.481 e. The van der Waals surface area contributed by atoms with Gasteiger partial charge in [-0.3, -0.25) is 9.59 Å². The van der Waals surface area contributed by atoms with E-state index in [9.17, 15) is 9.59 Å². The third-order valence-corrected chi connectivity index (χ3v) is 3.01. The van der Waals surface area contributed by atoms with Crippen molar-refractivity contribution in [3.8, 4) is 0 Å². The van der Waals surface area contributed by atoms with Gasteiger partial charge in [0.2, 0.25) is 5.91 Å². The number of carboxylic acids is 1. The first kappa shape index (κ1) is 14.0. The van der Waals surface area contributed by atoms with Gasteiger partial charge in [-0.2, -0.15) is 0 Å². The standard InChI is InChI=1S/C12H21NO4/c1-5-13(11(16)12(2,3)4)9-7-17-6-8(9)10(14)15/h8-9H,5-7H2,1-4H3,(H,14,15). The lowest BCUT2D eigenvalue weighted by atomic mass is 9.92. The Morgan fingerprint density at radius 3 is 2.35 bits per heavy atom. The Balaban J connectivity index is 2.87. The molecule has 5 heteroatoms. The predicted octanol–water partition coefficient (Wildman–Crippen LogP) is 0.981. The maximum atomic E-state index is 12.2. The Morgan fingerprint density at radius 2 is 1.94 bits per heavy atom. The van der Waals surface area contributed by atoms with Gasteiger partial charge in [0.05, 0.1) is 19.3 Å². The lowest BCUT2D eigenvalue weighted by Crippen LogP contribution is -2.50. The topological polar surface area (TPSA) is 66.8 Å². The fourth-order valence-corrected chi connectivity index (χ4v) is 2.05. The number of ether oxygens (including phenoxy) is 1. The summed E-state index contributed by atoms with van der Waals surface area (Å²) in [5, 5.41) is 9.09. The van der Waals surface area contributed by atoms with E-state index in [0.29, 0.717) is 13.2 Å². The molecule has 1 aliphatic heterocycles. The molecule has 2 unspecified atom stereocenters. The average molecular weight is 243 g/mol. The Kier molecular flexibility index (Phi) is 4.14. The Hall–Kier alpha value is -1.10. The van der Waals surface area contributed by atoms with Crippen LogP contribution >= 0.6 is 0 Å². The van der Waals surface area contributed by atoms with Crippen LogP contribution in [0.4, 0.5) is 0 Å². The smallest absolute Gasteiger partial charge is 0.311 e. The average Bonchev–Trinajstić information content (AvgIpc) is 2.66. The molecule has 0 aliphatic carbocycles. The van der Waals surface area contributed by atoms with Gasteiger partial charge in [0.15, 0.2) is 0 Å². The van der Waals surface area contributed by atoms with Crippen LogP contribution < -0.4 is 0 Å². The molecule has 1 heterocycles. The number of hydrogen-bond acceptors (Lipinski definition) is 3. The van der Waals surface area contributed by atoms with Crippen LogP contribution in [0.15, 0.2) is 0 Å². The third kappa shape index (κ3) is 2.97. The molecule has 1 saturated heterocycles. The summed E-state index contributed by atoms with van der Waals surface area (Å²) in [5.74, 6) is -1.53. The maximum Gasteiger partial charge on any atom is 0.311 e. The van der Waals surface area contributed by atoms with Gasteiger partial charge in [0.25, 0.3) is 0 Å². The highest BCUT2D eigenvalue weighted by Gasteiger charge is 2.41. The zero-order valence-electron chi connectivity index (χ0n) is 10.9. The normalized spacial score (nSPS) is 24.7. The monoisotopic (exact) mass is 243 g/mol. The van der Waals surface area contributed by atoms with E-state index in [-0.39, 0.29) is 18.6 Å². The lowest BCUT2D eigenvalue weighted by Gasteiger charge is -2.34. The van der Waals surface area contributed by atoms with Crippen LogP contribution in [0.5, 0.6) is 0 Å². The predicted molar refractivity (Wildman–Crippen MR) is 62.6 cm³/mol. The quantitative estimate of drug-likeness (QED) is 0.802. The fraction of sp³-hybridized carbons (Fsp3) is 0.833. The SMILES string of the molecule is CCN(C(=O)C(C)(C)C)C1COCC1C(=O)O. The molecular weight excluding hydrogens is 222 g/mol. The number of carbonyl (C=O) groups is 2. The van der Waals surface area contributed by atoms with Gasteiger partial charge < -0.3 is 14.7 Å². The van der Waals surface area contributed by atoms with Crippen LogP contribution in [0.1, 0.15) is 27.7 Å². The van der Waals surface area contributed by atoms with E-state index in [1.165, 1.54) is 0 Å². The van der Waals surface area contributed by atoms with Crippen LogP contribution in [0, 0.1) is 11.3 Å². The van der Waals surface area contributed by atoms with Gasteiger partial charge in [0.1, 0.15) is 5.92 Å². The Bertz CT molecular complexity index is 308. The van der Waals surface area contributed by atoms with Crippen LogP contribution in [-0.2, 0) is 14.3 Å². The van der Waals surface area contributed by atoms with E-state index >= 15 is 0 Å². The summed E-state index contributed by atoms with van der Waals surface area (Å²) in [6.45, 7) is 8.38. The molecule has 1 rings (SSSR count).